The van der Waals surface area contributed by atoms with E-state index in [1.807, 2.05) is 0 Å². The van der Waals surface area contributed by atoms with Crippen LogP contribution in [0.2, 0.25) is 16.7 Å². The van der Waals surface area contributed by atoms with E-state index >= 15 is 0 Å². The summed E-state index contributed by atoms with van der Waals surface area (Å²) in [6.45, 7) is 26.6. The first-order valence-electron chi connectivity index (χ1n) is 18.4. The molecule has 0 bridgehead atoms. The molecule has 0 N–H and O–H groups in total. The molecule has 6 rings (SSSR count). The van der Waals surface area contributed by atoms with Crippen LogP contribution in [0.1, 0.15) is 110 Å². The SMILES string of the molecule is C[CH](C)[Hf]([CH3])([CH3])(=[SiH2])([CH](C)C)([CH]1C=Cc2c(-c3ccc(C(C)(C)C)cc3)cccc21)[CH]1C=Cc2c(-c3ccc(C(C)(C)C)cc3)cccc21. The zero-order chi connectivity index (χ0) is 35.2. The molecule has 0 spiro atoms. The van der Waals surface area contributed by atoms with Crippen LogP contribution in [0.15, 0.2) is 97.1 Å². The van der Waals surface area contributed by atoms with E-state index in [1.165, 1.54) is 55.6 Å². The number of fused-ring (bicyclic) bond motifs is 2. The predicted molar refractivity (Wildman–Crippen MR) is 215 cm³/mol. The average molecular weight is 820 g/mol. The van der Waals surface area contributed by atoms with Crippen molar-refractivity contribution in [2.75, 3.05) is 0 Å². The van der Waals surface area contributed by atoms with Crippen LogP contribution in [0.5, 0.6) is 0 Å². The first-order valence-corrected chi connectivity index (χ1v) is 42.2. The summed E-state index contributed by atoms with van der Waals surface area (Å²) in [5, 5.41) is 0. The second-order valence-corrected chi connectivity index (χ2v) is 96.6. The van der Waals surface area contributed by atoms with Gasteiger partial charge in [-0.05, 0) is 0 Å². The standard InChI is InChI=1S/2C19H19.2C3H7.2CH3.Hf.H2Si/c2*1-19(2,3)16-12-10-15(11-13-16)18-9-5-7-14-6-4-8-17(14)18;2*1-3-2;;;;/h2*4-13H,1-3H3;2*3H,1-2H3;2*1H3;;1H2. The van der Waals surface area contributed by atoms with E-state index in [4.69, 9.17) is 0 Å². The van der Waals surface area contributed by atoms with E-state index in [1.54, 1.807) is 0 Å². The minimum atomic E-state index is -5.23. The van der Waals surface area contributed by atoms with Gasteiger partial charge in [0, 0.05) is 0 Å². The fraction of sp³-hybridized carbons (Fsp3) is 0.391. The van der Waals surface area contributed by atoms with Gasteiger partial charge in [0.25, 0.3) is 0 Å². The topological polar surface area (TPSA) is 0 Å². The summed E-state index contributed by atoms with van der Waals surface area (Å²) in [6.07, 6.45) is 10.3. The van der Waals surface area contributed by atoms with Crippen molar-refractivity contribution in [1.29, 1.82) is 0 Å². The number of benzene rings is 4. The third-order valence-electron chi connectivity index (χ3n) is 15.9. The van der Waals surface area contributed by atoms with Gasteiger partial charge in [-0.25, -0.2) is 0 Å². The molecule has 4 aromatic carbocycles. The van der Waals surface area contributed by atoms with Gasteiger partial charge in [0.15, 0.2) is 0 Å². The van der Waals surface area contributed by atoms with Crippen LogP contribution in [0, 0.1) is 0 Å². The molecule has 48 heavy (non-hydrogen) atoms. The van der Waals surface area contributed by atoms with Crippen molar-refractivity contribution in [2.45, 2.75) is 104 Å². The van der Waals surface area contributed by atoms with E-state index in [9.17, 15) is 0 Å². The van der Waals surface area contributed by atoms with Crippen LogP contribution in [0.25, 0.3) is 34.4 Å². The van der Waals surface area contributed by atoms with Crippen molar-refractivity contribution in [2.24, 2.45) is 0 Å². The Morgan fingerprint density at radius 1 is 0.521 bits per heavy atom. The third-order valence-corrected chi connectivity index (χ3v) is 96.7. The van der Waals surface area contributed by atoms with Crippen LogP contribution in [0.3, 0.4) is 0 Å². The molecule has 0 saturated heterocycles. The Balaban J connectivity index is 1.56. The molecule has 0 heterocycles. The Labute approximate surface area is 288 Å². The van der Waals surface area contributed by atoms with Gasteiger partial charge in [-0.2, -0.15) is 0 Å². The van der Waals surface area contributed by atoms with Crippen LogP contribution in [0.4, 0.5) is 0 Å². The van der Waals surface area contributed by atoms with Gasteiger partial charge in [0.1, 0.15) is 0 Å². The zero-order valence-corrected chi connectivity index (χ0v) is 36.9. The molecule has 0 fully saturated rings. The first kappa shape index (κ1) is 35.3. The van der Waals surface area contributed by atoms with E-state index in [0.717, 1.165) is 0 Å². The predicted octanol–water partition coefficient (Wildman–Crippen LogP) is 13.5. The summed E-state index contributed by atoms with van der Waals surface area (Å²) in [6, 6.07) is 33.0. The van der Waals surface area contributed by atoms with E-state index in [-0.39, 0.29) is 10.8 Å². The summed E-state index contributed by atoms with van der Waals surface area (Å²) < 4.78 is 7.57. The fourth-order valence-electron chi connectivity index (χ4n) is 10.0. The molecule has 0 radical (unpaired) electrons. The van der Waals surface area contributed by atoms with Crippen LogP contribution in [-0.4, -0.2) is 6.94 Å². The van der Waals surface area contributed by atoms with E-state index < -0.39 is 14.2 Å². The molecule has 0 saturated carbocycles. The number of hydrogen-bond donors (Lipinski definition) is 0. The first-order chi connectivity index (χ1) is 22.1. The zero-order valence-electron chi connectivity index (χ0n) is 31.9. The van der Waals surface area contributed by atoms with Crippen LogP contribution < -0.4 is 0 Å². The summed E-state index contributed by atoms with van der Waals surface area (Å²) in [7, 11) is 0. The van der Waals surface area contributed by atoms with Crippen molar-refractivity contribution >= 4 is 19.1 Å². The van der Waals surface area contributed by atoms with Gasteiger partial charge >= 0.3 is 290 Å². The fourth-order valence-corrected chi connectivity index (χ4v) is 50.9. The number of hydrogen-bond acceptors (Lipinski definition) is 0. The van der Waals surface area contributed by atoms with E-state index in [0.29, 0.717) is 14.7 Å². The second kappa shape index (κ2) is 10.3. The molecule has 2 aliphatic rings. The summed E-state index contributed by atoms with van der Waals surface area (Å²) in [5.41, 5.74) is 14.3. The molecule has 2 heteroatoms. The normalized spacial score (nSPS) is 19.9. The van der Waals surface area contributed by atoms with Gasteiger partial charge in [0.05, 0.1) is 0 Å². The van der Waals surface area contributed by atoms with Crippen molar-refractivity contribution in [1.82, 2.24) is 0 Å². The number of allylic oxidation sites excluding steroid dienone is 2. The molecule has 2 unspecified atom stereocenters. The van der Waals surface area contributed by atoms with Gasteiger partial charge in [0.2, 0.25) is 0 Å². The monoisotopic (exact) mass is 820 g/mol. The summed E-state index contributed by atoms with van der Waals surface area (Å²) >= 11 is -5.23. The Morgan fingerprint density at radius 2 is 0.854 bits per heavy atom. The maximum atomic E-state index is 2.88. The van der Waals surface area contributed by atoms with Gasteiger partial charge < -0.3 is 0 Å². The molecular weight excluding hydrogens is 759 g/mol. The Kier molecular flexibility index (Phi) is 7.54. The van der Waals surface area contributed by atoms with Crippen molar-refractivity contribution in [3.8, 4) is 22.3 Å². The average Bonchev–Trinajstić information content (AvgIpc) is 3.67. The minimum absolute atomic E-state index is 0.143. The second-order valence-electron chi connectivity index (χ2n) is 20.6. The molecular formula is C46H60HfSi. The molecule has 0 aliphatic heterocycles. The molecule has 2 aliphatic carbocycles. The molecule has 252 valence electrons. The maximum absolute atomic E-state index is 5.23. The van der Waals surface area contributed by atoms with Gasteiger partial charge in [-0.1, -0.05) is 0 Å². The Hall–Kier alpha value is -2.55. The van der Waals surface area contributed by atoms with E-state index in [2.05, 4.69) is 195 Å². The molecule has 0 amide bonds. The molecule has 4 aromatic rings. The van der Waals surface area contributed by atoms with Gasteiger partial charge in [-0.15, -0.1) is 0 Å². The van der Waals surface area contributed by atoms with Gasteiger partial charge in [-0.3, -0.25) is 0 Å². The molecule has 0 aromatic heterocycles. The number of rotatable bonds is 6. The Morgan fingerprint density at radius 3 is 1.15 bits per heavy atom. The van der Waals surface area contributed by atoms with Crippen LogP contribution >= 0.6 is 0 Å². The van der Waals surface area contributed by atoms with Crippen LogP contribution in [-0.2, 0) is 25.0 Å². The van der Waals surface area contributed by atoms with Crippen molar-refractivity contribution in [3.05, 3.63) is 130 Å². The van der Waals surface area contributed by atoms with Crippen molar-refractivity contribution in [3.63, 3.8) is 0 Å². The third kappa shape index (κ3) is 4.53. The summed E-state index contributed by atoms with van der Waals surface area (Å²) in [5.74, 6) is 0. The van der Waals surface area contributed by atoms with Crippen molar-refractivity contribution < 1.29 is 14.2 Å². The molecule has 2 atom stereocenters. The summed E-state index contributed by atoms with van der Waals surface area (Å²) in [4.78, 5) is 0. The Bertz CT molecular complexity index is 1960. The quantitative estimate of drug-likeness (QED) is 0.170. The molecule has 0 nitrogen and oxygen atoms in total.